The van der Waals surface area contributed by atoms with Crippen LogP contribution in [0.3, 0.4) is 0 Å². The number of pyridine rings is 1. The molecule has 0 bridgehead atoms. The first-order valence-corrected chi connectivity index (χ1v) is 4.49. The van der Waals surface area contributed by atoms with E-state index in [1.165, 1.54) is 13.3 Å². The van der Waals surface area contributed by atoms with Gasteiger partial charge in [-0.1, -0.05) is 0 Å². The first-order chi connectivity index (χ1) is 7.70. The predicted octanol–water partition coefficient (Wildman–Crippen LogP) is 1.27. The van der Waals surface area contributed by atoms with Crippen molar-refractivity contribution in [2.24, 2.45) is 0 Å². The quantitative estimate of drug-likeness (QED) is 0.824. The molecule has 0 aliphatic rings. The normalized spacial score (nSPS) is 10.1. The molecule has 0 saturated heterocycles. The van der Waals surface area contributed by atoms with Crippen molar-refractivity contribution in [3.8, 4) is 17.1 Å². The van der Waals surface area contributed by atoms with E-state index in [2.05, 4.69) is 15.0 Å². The Morgan fingerprint density at radius 3 is 2.94 bits per heavy atom. The molecule has 0 unspecified atom stereocenters. The van der Waals surface area contributed by atoms with E-state index in [1.54, 1.807) is 12.1 Å². The Hall–Kier alpha value is -2.24. The van der Waals surface area contributed by atoms with Gasteiger partial charge in [0.25, 0.3) is 0 Å². The largest absolute Gasteiger partial charge is 0.481 e. The Balaban J connectivity index is 2.53. The first kappa shape index (κ1) is 10.3. The van der Waals surface area contributed by atoms with Crippen molar-refractivity contribution in [3.05, 3.63) is 30.3 Å². The molecule has 82 valence electrons. The van der Waals surface area contributed by atoms with Crippen LogP contribution in [0.25, 0.3) is 11.3 Å². The third-order valence-electron chi connectivity index (χ3n) is 1.98. The van der Waals surface area contributed by atoms with Gasteiger partial charge in [0.15, 0.2) is 5.82 Å². The molecular weight excluding hydrogens is 211 g/mol. The molecule has 0 radical (unpaired) electrons. The summed E-state index contributed by atoms with van der Waals surface area (Å²) in [6.45, 7) is 0. The highest BCUT2D eigenvalue weighted by Crippen LogP contribution is 2.22. The molecule has 2 N–H and O–H groups in total. The van der Waals surface area contributed by atoms with E-state index < -0.39 is 5.82 Å². The van der Waals surface area contributed by atoms with Crippen LogP contribution in [0.5, 0.6) is 5.88 Å². The van der Waals surface area contributed by atoms with Crippen molar-refractivity contribution in [1.29, 1.82) is 0 Å². The molecule has 2 aromatic rings. The molecule has 6 heteroatoms. The Morgan fingerprint density at radius 2 is 2.19 bits per heavy atom. The van der Waals surface area contributed by atoms with Crippen LogP contribution >= 0.6 is 0 Å². The predicted molar refractivity (Wildman–Crippen MR) is 56.2 cm³/mol. The fourth-order valence-electron chi connectivity index (χ4n) is 1.25. The zero-order valence-electron chi connectivity index (χ0n) is 8.51. The average Bonchev–Trinajstić information content (AvgIpc) is 2.32. The van der Waals surface area contributed by atoms with Crippen LogP contribution in [-0.2, 0) is 0 Å². The molecule has 0 aromatic carbocycles. The minimum absolute atomic E-state index is 0.0205. The van der Waals surface area contributed by atoms with Crippen molar-refractivity contribution in [1.82, 2.24) is 15.0 Å². The zero-order chi connectivity index (χ0) is 11.5. The Morgan fingerprint density at radius 1 is 1.38 bits per heavy atom. The number of ether oxygens (including phenoxy) is 1. The van der Waals surface area contributed by atoms with Crippen LogP contribution in [-0.4, -0.2) is 22.1 Å². The van der Waals surface area contributed by atoms with E-state index in [0.717, 1.165) is 6.20 Å². The van der Waals surface area contributed by atoms with Gasteiger partial charge in [-0.3, -0.25) is 0 Å². The number of nitrogens with two attached hydrogens (primary N) is 1. The lowest BCUT2D eigenvalue weighted by atomic mass is 10.2. The lowest BCUT2D eigenvalue weighted by molar-refractivity contribution is 0.398. The summed E-state index contributed by atoms with van der Waals surface area (Å²) in [5.74, 6) is -0.135. The summed E-state index contributed by atoms with van der Waals surface area (Å²) in [5.41, 5.74) is 6.07. The fourth-order valence-corrected chi connectivity index (χ4v) is 1.25. The molecule has 16 heavy (non-hydrogen) atoms. The van der Waals surface area contributed by atoms with Crippen molar-refractivity contribution in [2.45, 2.75) is 0 Å². The number of hydrogen-bond acceptors (Lipinski definition) is 5. The molecule has 2 rings (SSSR count). The van der Waals surface area contributed by atoms with Crippen LogP contribution in [0, 0.1) is 5.82 Å². The van der Waals surface area contributed by atoms with Crippen molar-refractivity contribution < 1.29 is 9.13 Å². The second-order valence-corrected chi connectivity index (χ2v) is 3.01. The summed E-state index contributed by atoms with van der Waals surface area (Å²) in [7, 11) is 1.48. The molecule has 0 saturated carbocycles. The number of nitrogen functional groups attached to an aromatic ring is 1. The minimum atomic E-state index is -0.539. The maximum Gasteiger partial charge on any atom is 0.220 e. The van der Waals surface area contributed by atoms with Crippen LogP contribution in [0.15, 0.2) is 24.5 Å². The van der Waals surface area contributed by atoms with Gasteiger partial charge in [0.05, 0.1) is 13.3 Å². The van der Waals surface area contributed by atoms with E-state index in [0.29, 0.717) is 11.4 Å². The molecule has 0 aliphatic heterocycles. The highest BCUT2D eigenvalue weighted by Gasteiger charge is 2.09. The van der Waals surface area contributed by atoms with Crippen molar-refractivity contribution in [3.63, 3.8) is 0 Å². The van der Waals surface area contributed by atoms with Gasteiger partial charge in [0.1, 0.15) is 5.69 Å². The second kappa shape index (κ2) is 4.09. The summed E-state index contributed by atoms with van der Waals surface area (Å²) in [6.07, 6.45) is 2.54. The average molecular weight is 220 g/mol. The van der Waals surface area contributed by atoms with E-state index in [-0.39, 0.29) is 11.6 Å². The van der Waals surface area contributed by atoms with Gasteiger partial charge in [0.2, 0.25) is 11.8 Å². The van der Waals surface area contributed by atoms with Gasteiger partial charge in [-0.05, 0) is 6.07 Å². The molecule has 5 nitrogen and oxygen atoms in total. The number of methoxy groups -OCH3 is 1. The summed E-state index contributed by atoms with van der Waals surface area (Å²) in [6, 6.07) is 3.19. The van der Waals surface area contributed by atoms with E-state index in [4.69, 9.17) is 10.5 Å². The highest BCUT2D eigenvalue weighted by molar-refractivity contribution is 5.61. The van der Waals surface area contributed by atoms with Gasteiger partial charge >= 0.3 is 0 Å². The van der Waals surface area contributed by atoms with Gasteiger partial charge < -0.3 is 10.5 Å². The van der Waals surface area contributed by atoms with E-state index in [9.17, 15) is 4.39 Å². The van der Waals surface area contributed by atoms with Crippen LogP contribution in [0.4, 0.5) is 10.3 Å². The first-order valence-electron chi connectivity index (χ1n) is 4.49. The zero-order valence-corrected chi connectivity index (χ0v) is 8.51. The maximum atomic E-state index is 13.4. The summed E-state index contributed by atoms with van der Waals surface area (Å²) in [4.78, 5) is 11.3. The third-order valence-corrected chi connectivity index (χ3v) is 1.98. The highest BCUT2D eigenvalue weighted by atomic mass is 19.1. The minimum Gasteiger partial charge on any atom is -0.481 e. The van der Waals surface area contributed by atoms with Gasteiger partial charge in [-0.2, -0.15) is 0 Å². The second-order valence-electron chi connectivity index (χ2n) is 3.01. The van der Waals surface area contributed by atoms with Gasteiger partial charge in [-0.25, -0.2) is 19.3 Å². The molecule has 2 heterocycles. The molecule has 2 aromatic heterocycles. The number of hydrogen-bond donors (Lipinski definition) is 1. The number of halogens is 1. The lowest BCUT2D eigenvalue weighted by Gasteiger charge is -2.04. The van der Waals surface area contributed by atoms with Crippen LogP contribution in [0.2, 0.25) is 0 Å². The Bertz CT molecular complexity index is 518. The number of nitrogens with zero attached hydrogens (tertiary/aromatic N) is 3. The monoisotopic (exact) mass is 220 g/mol. The van der Waals surface area contributed by atoms with E-state index in [1.807, 2.05) is 0 Å². The number of rotatable bonds is 2. The van der Waals surface area contributed by atoms with Crippen LogP contribution in [0.1, 0.15) is 0 Å². The molecular formula is C10H9FN4O. The maximum absolute atomic E-state index is 13.4. The molecule has 0 atom stereocenters. The molecule has 0 amide bonds. The summed E-state index contributed by atoms with van der Waals surface area (Å²) >= 11 is 0. The smallest absolute Gasteiger partial charge is 0.220 e. The van der Waals surface area contributed by atoms with Crippen molar-refractivity contribution >= 4 is 5.95 Å². The third kappa shape index (κ3) is 1.90. The SMILES string of the molecule is COc1cc(-c2nc(N)ncc2F)ccn1. The number of anilines is 1. The molecule has 0 aliphatic carbocycles. The number of aromatic nitrogens is 3. The van der Waals surface area contributed by atoms with Crippen molar-refractivity contribution in [2.75, 3.05) is 12.8 Å². The summed E-state index contributed by atoms with van der Waals surface area (Å²) < 4.78 is 18.4. The summed E-state index contributed by atoms with van der Waals surface area (Å²) in [5, 5.41) is 0. The lowest BCUT2D eigenvalue weighted by Crippen LogP contribution is -1.99. The van der Waals surface area contributed by atoms with Gasteiger partial charge in [0, 0.05) is 17.8 Å². The Labute approximate surface area is 91.1 Å². The fraction of sp³-hybridized carbons (Fsp3) is 0.100. The van der Waals surface area contributed by atoms with Gasteiger partial charge in [-0.15, -0.1) is 0 Å². The Kier molecular flexibility index (Phi) is 2.63. The van der Waals surface area contributed by atoms with Crippen LogP contribution < -0.4 is 10.5 Å². The standard InChI is InChI=1S/C10H9FN4O/c1-16-8-4-6(2-3-13-8)9-7(11)5-14-10(12)15-9/h2-5H,1H3,(H2,12,14,15). The molecule has 0 spiro atoms. The molecule has 0 fully saturated rings. The topological polar surface area (TPSA) is 73.9 Å². The van der Waals surface area contributed by atoms with E-state index >= 15 is 0 Å².